The van der Waals surface area contributed by atoms with Crippen LogP contribution in [0.1, 0.15) is 0 Å². The fraction of sp³-hybridized carbons (Fsp3) is 0.0833. The van der Waals surface area contributed by atoms with Crippen LogP contribution in [0.5, 0.6) is 0 Å². The van der Waals surface area contributed by atoms with Crippen molar-refractivity contribution in [3.8, 4) is 0 Å². The van der Waals surface area contributed by atoms with Gasteiger partial charge in [0.05, 0.1) is 11.7 Å². The lowest BCUT2D eigenvalue weighted by molar-refractivity contribution is 0.797. The quantitative estimate of drug-likeness (QED) is 0.712. The fourth-order valence-corrected chi connectivity index (χ4v) is 1.78. The smallest absolute Gasteiger partial charge is 0.229 e. The summed E-state index contributed by atoms with van der Waals surface area (Å²) in [7, 11) is 1.91. The van der Waals surface area contributed by atoms with Gasteiger partial charge in [-0.1, -0.05) is 0 Å². The van der Waals surface area contributed by atoms with Crippen LogP contribution in [0, 0.1) is 0 Å². The Kier molecular flexibility index (Phi) is 2.33. The van der Waals surface area contributed by atoms with Crippen molar-refractivity contribution in [1.82, 2.24) is 19.7 Å². The zero-order valence-electron chi connectivity index (χ0n) is 9.83. The number of nitrogens with one attached hydrogen (secondary N) is 1. The molecule has 0 amide bonds. The van der Waals surface area contributed by atoms with Crippen molar-refractivity contribution in [3.05, 3.63) is 36.7 Å². The summed E-state index contributed by atoms with van der Waals surface area (Å²) in [6.07, 6.45) is 3.45. The van der Waals surface area contributed by atoms with E-state index < -0.39 is 0 Å². The Morgan fingerprint density at radius 1 is 1.28 bits per heavy atom. The third-order valence-corrected chi connectivity index (χ3v) is 2.68. The van der Waals surface area contributed by atoms with Crippen LogP contribution in [0.3, 0.4) is 0 Å². The first-order valence-electron chi connectivity index (χ1n) is 5.50. The monoisotopic (exact) mass is 240 g/mol. The second kappa shape index (κ2) is 3.99. The largest absolute Gasteiger partial charge is 0.384 e. The Bertz CT molecular complexity index is 703. The summed E-state index contributed by atoms with van der Waals surface area (Å²) in [6, 6.07) is 7.60. The van der Waals surface area contributed by atoms with E-state index in [-0.39, 0.29) is 0 Å². The number of benzene rings is 1. The molecular weight excluding hydrogens is 228 g/mol. The Morgan fingerprint density at radius 2 is 2.17 bits per heavy atom. The lowest BCUT2D eigenvalue weighted by Gasteiger charge is -2.05. The van der Waals surface area contributed by atoms with Crippen molar-refractivity contribution < 1.29 is 0 Å². The van der Waals surface area contributed by atoms with Gasteiger partial charge >= 0.3 is 0 Å². The van der Waals surface area contributed by atoms with Crippen LogP contribution in [0.4, 0.5) is 17.5 Å². The Labute approximate surface area is 103 Å². The van der Waals surface area contributed by atoms with Crippen molar-refractivity contribution in [2.75, 3.05) is 11.1 Å². The van der Waals surface area contributed by atoms with Crippen molar-refractivity contribution >= 4 is 28.4 Å². The maximum Gasteiger partial charge on any atom is 0.229 e. The summed E-state index contributed by atoms with van der Waals surface area (Å²) >= 11 is 0. The highest BCUT2D eigenvalue weighted by molar-refractivity contribution is 5.82. The molecule has 0 aliphatic heterocycles. The number of fused-ring (bicyclic) bond motifs is 1. The van der Waals surface area contributed by atoms with E-state index in [0.717, 1.165) is 16.6 Å². The molecule has 6 heteroatoms. The SMILES string of the molecule is Cn1ncc2ccc(Nc3nccc(N)n3)cc21. The van der Waals surface area contributed by atoms with Crippen LogP contribution >= 0.6 is 0 Å². The molecule has 0 radical (unpaired) electrons. The van der Waals surface area contributed by atoms with Crippen molar-refractivity contribution in [2.24, 2.45) is 7.05 Å². The molecule has 3 rings (SSSR count). The Morgan fingerprint density at radius 3 is 3.00 bits per heavy atom. The van der Waals surface area contributed by atoms with Crippen molar-refractivity contribution in [2.45, 2.75) is 0 Å². The second-order valence-corrected chi connectivity index (χ2v) is 3.97. The lowest BCUT2D eigenvalue weighted by Crippen LogP contribution is -1.99. The number of aromatic nitrogens is 4. The average Bonchev–Trinajstić information content (AvgIpc) is 2.71. The molecule has 0 saturated heterocycles. The molecule has 2 heterocycles. The predicted molar refractivity (Wildman–Crippen MR) is 70.4 cm³/mol. The van der Waals surface area contributed by atoms with Crippen LogP contribution in [-0.2, 0) is 7.05 Å². The molecule has 0 spiro atoms. The number of nitrogens with zero attached hydrogens (tertiary/aromatic N) is 4. The van der Waals surface area contributed by atoms with Gasteiger partial charge in [0.25, 0.3) is 0 Å². The van der Waals surface area contributed by atoms with Crippen LogP contribution < -0.4 is 11.1 Å². The summed E-state index contributed by atoms with van der Waals surface area (Å²) in [5.41, 5.74) is 7.55. The standard InChI is InChI=1S/C12H12N6/c1-18-10-6-9(3-2-8(10)7-15-18)16-12-14-5-4-11(13)17-12/h2-7H,1H3,(H3,13,14,16,17). The first-order valence-corrected chi connectivity index (χ1v) is 5.50. The molecular formula is C12H12N6. The first-order chi connectivity index (χ1) is 8.72. The maximum atomic E-state index is 5.61. The van der Waals surface area contributed by atoms with Gasteiger partial charge < -0.3 is 11.1 Å². The van der Waals surface area contributed by atoms with Gasteiger partial charge in [-0.05, 0) is 24.3 Å². The van der Waals surface area contributed by atoms with Gasteiger partial charge in [0.1, 0.15) is 5.82 Å². The van der Waals surface area contributed by atoms with Gasteiger partial charge in [-0.25, -0.2) is 4.98 Å². The maximum absolute atomic E-state index is 5.61. The van der Waals surface area contributed by atoms with Gasteiger partial charge in [-0.15, -0.1) is 0 Å². The predicted octanol–water partition coefficient (Wildman–Crippen LogP) is 1.69. The molecule has 0 saturated carbocycles. The molecule has 1 aromatic carbocycles. The minimum absolute atomic E-state index is 0.439. The lowest BCUT2D eigenvalue weighted by atomic mass is 10.2. The van der Waals surface area contributed by atoms with E-state index in [9.17, 15) is 0 Å². The summed E-state index contributed by atoms with van der Waals surface area (Å²) in [4.78, 5) is 8.19. The summed E-state index contributed by atoms with van der Waals surface area (Å²) in [6.45, 7) is 0. The molecule has 0 aliphatic rings. The van der Waals surface area contributed by atoms with E-state index in [1.165, 1.54) is 0 Å². The third kappa shape index (κ3) is 1.84. The first kappa shape index (κ1) is 10.5. The van der Waals surface area contributed by atoms with Gasteiger partial charge in [-0.3, -0.25) is 4.68 Å². The molecule has 0 aliphatic carbocycles. The minimum atomic E-state index is 0.439. The highest BCUT2D eigenvalue weighted by atomic mass is 15.2. The molecule has 0 unspecified atom stereocenters. The minimum Gasteiger partial charge on any atom is -0.384 e. The highest BCUT2D eigenvalue weighted by Gasteiger charge is 2.02. The van der Waals surface area contributed by atoms with E-state index >= 15 is 0 Å². The van der Waals surface area contributed by atoms with Gasteiger partial charge in [0.2, 0.25) is 5.95 Å². The molecule has 18 heavy (non-hydrogen) atoms. The van der Waals surface area contributed by atoms with E-state index in [1.54, 1.807) is 12.3 Å². The van der Waals surface area contributed by atoms with E-state index in [1.807, 2.05) is 36.1 Å². The zero-order chi connectivity index (χ0) is 12.5. The van der Waals surface area contributed by atoms with Gasteiger partial charge in [-0.2, -0.15) is 10.1 Å². The van der Waals surface area contributed by atoms with Crippen LogP contribution in [-0.4, -0.2) is 19.7 Å². The molecule has 0 atom stereocenters. The van der Waals surface area contributed by atoms with Crippen LogP contribution in [0.2, 0.25) is 0 Å². The average molecular weight is 240 g/mol. The number of hydrogen-bond donors (Lipinski definition) is 2. The normalized spacial score (nSPS) is 10.7. The van der Waals surface area contributed by atoms with E-state index in [2.05, 4.69) is 20.4 Å². The summed E-state index contributed by atoms with van der Waals surface area (Å²) in [5, 5.41) is 8.40. The highest BCUT2D eigenvalue weighted by Crippen LogP contribution is 2.20. The zero-order valence-corrected chi connectivity index (χ0v) is 9.83. The summed E-state index contributed by atoms with van der Waals surface area (Å²) in [5.74, 6) is 0.922. The second-order valence-electron chi connectivity index (χ2n) is 3.97. The van der Waals surface area contributed by atoms with Gasteiger partial charge in [0, 0.05) is 24.3 Å². The molecule has 3 aromatic rings. The number of aryl methyl sites for hydroxylation is 1. The molecule has 0 bridgehead atoms. The third-order valence-electron chi connectivity index (χ3n) is 2.68. The van der Waals surface area contributed by atoms with Crippen LogP contribution in [0.15, 0.2) is 36.7 Å². The number of hydrogen-bond acceptors (Lipinski definition) is 5. The van der Waals surface area contributed by atoms with Gasteiger partial charge in [0.15, 0.2) is 0 Å². The fourth-order valence-electron chi connectivity index (χ4n) is 1.78. The molecule has 2 aromatic heterocycles. The Hall–Kier alpha value is -2.63. The summed E-state index contributed by atoms with van der Waals surface area (Å²) < 4.78 is 1.82. The molecule has 90 valence electrons. The van der Waals surface area contributed by atoms with Crippen molar-refractivity contribution in [3.63, 3.8) is 0 Å². The van der Waals surface area contributed by atoms with Crippen molar-refractivity contribution in [1.29, 1.82) is 0 Å². The van der Waals surface area contributed by atoms with E-state index in [4.69, 9.17) is 5.73 Å². The Balaban J connectivity index is 1.97. The molecule has 0 fully saturated rings. The molecule has 6 nitrogen and oxygen atoms in total. The number of nitrogen functional groups attached to an aromatic ring is 1. The number of nitrogens with two attached hydrogens (primary N) is 1. The number of anilines is 3. The molecule has 3 N–H and O–H groups in total. The van der Waals surface area contributed by atoms with Crippen LogP contribution in [0.25, 0.3) is 10.9 Å². The van der Waals surface area contributed by atoms with E-state index in [0.29, 0.717) is 11.8 Å². The number of rotatable bonds is 2. The topological polar surface area (TPSA) is 81.7 Å².